The first-order valence-electron chi connectivity index (χ1n) is 19.6. The minimum atomic E-state index is 1.16. The maximum atomic E-state index is 2.50. The second-order valence-corrected chi connectivity index (χ2v) is 14.8. The summed E-state index contributed by atoms with van der Waals surface area (Å²) in [6.07, 6.45) is 0. The van der Waals surface area contributed by atoms with Crippen LogP contribution in [0.1, 0.15) is 0 Å². The van der Waals surface area contributed by atoms with Gasteiger partial charge in [0.2, 0.25) is 0 Å². The maximum absolute atomic E-state index is 2.50. The van der Waals surface area contributed by atoms with E-state index >= 15 is 0 Å². The van der Waals surface area contributed by atoms with Crippen molar-refractivity contribution in [3.8, 4) is 39.3 Å². The Balaban J connectivity index is 1.16. The van der Waals surface area contributed by atoms with Crippen LogP contribution >= 0.6 is 0 Å². The van der Waals surface area contributed by atoms with Crippen LogP contribution in [0.15, 0.2) is 212 Å². The SMILES string of the molecule is c1ccc(-c2ccccc2-n2c3ccccc3c3c(-c4ccccc4-n4c5ccccc5c5c6c7ccccc7n(-c7ccccc7)c6ccc54)cccc32)cc1. The van der Waals surface area contributed by atoms with Crippen LogP contribution in [0.2, 0.25) is 0 Å². The fourth-order valence-corrected chi connectivity index (χ4v) is 9.56. The number of nitrogens with zero attached hydrogens (tertiary/aromatic N) is 3. The third-order valence-corrected chi connectivity index (χ3v) is 11.8. The van der Waals surface area contributed by atoms with E-state index < -0.39 is 0 Å². The Hall–Kier alpha value is -7.62. The minimum Gasteiger partial charge on any atom is -0.309 e. The topological polar surface area (TPSA) is 14.8 Å². The first-order chi connectivity index (χ1) is 28.3. The Morgan fingerprint density at radius 3 is 1.26 bits per heavy atom. The molecule has 266 valence electrons. The first-order valence-corrected chi connectivity index (χ1v) is 19.6. The molecule has 0 radical (unpaired) electrons. The number of hydrogen-bond acceptors (Lipinski definition) is 0. The molecule has 3 heterocycles. The highest BCUT2D eigenvalue weighted by Gasteiger charge is 2.23. The van der Waals surface area contributed by atoms with Gasteiger partial charge in [0.25, 0.3) is 0 Å². The van der Waals surface area contributed by atoms with Gasteiger partial charge < -0.3 is 13.7 Å². The number of rotatable bonds is 5. The number of aromatic nitrogens is 3. The summed E-state index contributed by atoms with van der Waals surface area (Å²) in [4.78, 5) is 0. The highest BCUT2D eigenvalue weighted by molar-refractivity contribution is 6.29. The van der Waals surface area contributed by atoms with Crippen molar-refractivity contribution in [2.45, 2.75) is 0 Å². The summed E-state index contributed by atoms with van der Waals surface area (Å²) in [6, 6.07) is 77.3. The molecule has 0 aliphatic carbocycles. The monoisotopic (exact) mass is 725 g/mol. The zero-order valence-corrected chi connectivity index (χ0v) is 31.0. The Morgan fingerprint density at radius 2 is 0.632 bits per heavy atom. The van der Waals surface area contributed by atoms with Crippen molar-refractivity contribution in [3.63, 3.8) is 0 Å². The second-order valence-electron chi connectivity index (χ2n) is 14.8. The molecule has 12 rings (SSSR count). The van der Waals surface area contributed by atoms with Crippen molar-refractivity contribution in [2.75, 3.05) is 0 Å². The average molecular weight is 726 g/mol. The molecule has 3 aromatic heterocycles. The lowest BCUT2D eigenvalue weighted by atomic mass is 9.97. The molecule has 9 aromatic carbocycles. The second kappa shape index (κ2) is 12.5. The smallest absolute Gasteiger partial charge is 0.0549 e. The van der Waals surface area contributed by atoms with Gasteiger partial charge in [0.15, 0.2) is 0 Å². The number of fused-ring (bicyclic) bond motifs is 10. The molecule has 0 fully saturated rings. The van der Waals surface area contributed by atoms with E-state index in [2.05, 4.69) is 226 Å². The summed E-state index contributed by atoms with van der Waals surface area (Å²) in [7, 11) is 0. The molecule has 0 amide bonds. The van der Waals surface area contributed by atoms with Crippen molar-refractivity contribution in [1.82, 2.24) is 13.7 Å². The van der Waals surface area contributed by atoms with Crippen molar-refractivity contribution < 1.29 is 0 Å². The van der Waals surface area contributed by atoms with Crippen molar-refractivity contribution in [2.24, 2.45) is 0 Å². The molecule has 0 unspecified atom stereocenters. The highest BCUT2D eigenvalue weighted by atomic mass is 15.0. The average Bonchev–Trinajstić information content (AvgIpc) is 3.93. The van der Waals surface area contributed by atoms with E-state index in [1.165, 1.54) is 93.4 Å². The van der Waals surface area contributed by atoms with Gasteiger partial charge in [-0.25, -0.2) is 0 Å². The Kier molecular flexibility index (Phi) is 6.93. The number of para-hydroxylation sites is 6. The van der Waals surface area contributed by atoms with E-state index in [-0.39, 0.29) is 0 Å². The first kappa shape index (κ1) is 31.7. The third kappa shape index (κ3) is 4.60. The fourth-order valence-electron chi connectivity index (χ4n) is 9.56. The van der Waals surface area contributed by atoms with E-state index in [9.17, 15) is 0 Å². The van der Waals surface area contributed by atoms with Gasteiger partial charge in [-0.15, -0.1) is 0 Å². The summed E-state index contributed by atoms with van der Waals surface area (Å²) in [5, 5.41) is 7.54. The molecular weight excluding hydrogens is 691 g/mol. The van der Waals surface area contributed by atoms with Crippen LogP contribution in [0.4, 0.5) is 0 Å². The molecule has 3 heteroatoms. The molecular formula is C54H35N3. The predicted molar refractivity (Wildman–Crippen MR) is 240 cm³/mol. The fraction of sp³-hybridized carbons (Fsp3) is 0. The van der Waals surface area contributed by atoms with Crippen LogP contribution in [0.25, 0.3) is 105 Å². The lowest BCUT2D eigenvalue weighted by Crippen LogP contribution is -1.98. The molecule has 0 aliphatic rings. The van der Waals surface area contributed by atoms with Crippen LogP contribution in [0.3, 0.4) is 0 Å². The van der Waals surface area contributed by atoms with E-state index in [0.29, 0.717) is 0 Å². The van der Waals surface area contributed by atoms with Crippen LogP contribution in [0.5, 0.6) is 0 Å². The van der Waals surface area contributed by atoms with Gasteiger partial charge in [-0.3, -0.25) is 0 Å². The lowest BCUT2D eigenvalue weighted by molar-refractivity contribution is 1.17. The van der Waals surface area contributed by atoms with Crippen LogP contribution in [0, 0.1) is 0 Å². The summed E-state index contributed by atoms with van der Waals surface area (Å²) < 4.78 is 7.37. The van der Waals surface area contributed by atoms with Crippen molar-refractivity contribution >= 4 is 65.4 Å². The molecule has 0 atom stereocenters. The predicted octanol–water partition coefficient (Wildman–Crippen LogP) is 14.3. The molecule has 3 nitrogen and oxygen atoms in total. The van der Waals surface area contributed by atoms with Gasteiger partial charge in [0.05, 0.1) is 44.5 Å². The van der Waals surface area contributed by atoms with Gasteiger partial charge in [0.1, 0.15) is 0 Å². The summed E-state index contributed by atoms with van der Waals surface area (Å²) in [5.74, 6) is 0. The lowest BCUT2D eigenvalue weighted by Gasteiger charge is -2.16. The molecule has 0 bridgehead atoms. The van der Waals surface area contributed by atoms with Crippen molar-refractivity contribution in [1.29, 1.82) is 0 Å². The zero-order valence-electron chi connectivity index (χ0n) is 31.0. The summed E-state index contributed by atoms with van der Waals surface area (Å²) >= 11 is 0. The molecule has 0 saturated heterocycles. The number of benzene rings is 9. The van der Waals surface area contributed by atoms with E-state index in [0.717, 1.165) is 11.4 Å². The van der Waals surface area contributed by atoms with Gasteiger partial charge in [-0.2, -0.15) is 0 Å². The van der Waals surface area contributed by atoms with E-state index in [1.807, 2.05) is 0 Å². The van der Waals surface area contributed by atoms with Gasteiger partial charge in [-0.05, 0) is 71.8 Å². The summed E-state index contributed by atoms with van der Waals surface area (Å²) in [5.41, 5.74) is 15.5. The third-order valence-electron chi connectivity index (χ3n) is 11.8. The van der Waals surface area contributed by atoms with E-state index in [1.54, 1.807) is 0 Å². The molecule has 0 N–H and O–H groups in total. The Labute approximate surface area is 329 Å². The molecule has 0 aliphatic heterocycles. The minimum absolute atomic E-state index is 1.16. The standard InChI is InChI=1S/C54H35N3/c1-3-18-36(19-4-1)38-22-7-12-28-44(38)56-47-31-15-9-24-41(47)52-40(27-17-33-49(52)56)39-23-8-13-29-45(39)57-48-32-16-11-26-43(48)54-51(57)35-34-50-53(54)42-25-10-14-30-46(42)55(50)37-20-5-2-6-21-37/h1-35H. The van der Waals surface area contributed by atoms with E-state index in [4.69, 9.17) is 0 Å². The largest absolute Gasteiger partial charge is 0.309 e. The van der Waals surface area contributed by atoms with Gasteiger partial charge in [0, 0.05) is 49.1 Å². The summed E-state index contributed by atoms with van der Waals surface area (Å²) in [6.45, 7) is 0. The zero-order chi connectivity index (χ0) is 37.5. The highest BCUT2D eigenvalue weighted by Crippen LogP contribution is 2.46. The van der Waals surface area contributed by atoms with Crippen LogP contribution in [-0.4, -0.2) is 13.7 Å². The van der Waals surface area contributed by atoms with Crippen molar-refractivity contribution in [3.05, 3.63) is 212 Å². The van der Waals surface area contributed by atoms with Crippen LogP contribution < -0.4 is 0 Å². The Bertz CT molecular complexity index is 3510. The maximum Gasteiger partial charge on any atom is 0.0549 e. The number of hydrogen-bond donors (Lipinski definition) is 0. The molecule has 57 heavy (non-hydrogen) atoms. The van der Waals surface area contributed by atoms with Gasteiger partial charge >= 0.3 is 0 Å². The molecule has 0 saturated carbocycles. The Morgan fingerprint density at radius 1 is 0.228 bits per heavy atom. The normalized spacial score (nSPS) is 11.9. The molecule has 0 spiro atoms. The quantitative estimate of drug-likeness (QED) is 0.168. The van der Waals surface area contributed by atoms with Gasteiger partial charge in [-0.1, -0.05) is 152 Å². The van der Waals surface area contributed by atoms with Crippen LogP contribution in [-0.2, 0) is 0 Å². The molecule has 12 aromatic rings.